The molecule has 2 atom stereocenters. The first-order valence-electron chi connectivity index (χ1n) is 8.68. The van der Waals surface area contributed by atoms with Crippen LogP contribution in [0.15, 0.2) is 24.3 Å². The number of benzene rings is 1. The van der Waals surface area contributed by atoms with Crippen molar-refractivity contribution in [3.8, 4) is 5.75 Å². The lowest BCUT2D eigenvalue weighted by molar-refractivity contribution is -0.274. The van der Waals surface area contributed by atoms with E-state index in [4.69, 9.17) is 0 Å². The molecule has 6 heteroatoms. The van der Waals surface area contributed by atoms with Crippen molar-refractivity contribution in [1.82, 2.24) is 4.90 Å². The molecule has 1 saturated heterocycles. The molecular weight excluding hydrogens is 317 g/mol. The number of halogens is 3. The van der Waals surface area contributed by atoms with Crippen LogP contribution >= 0.6 is 0 Å². The molecule has 1 aromatic carbocycles. The molecule has 0 amide bonds. The molecule has 1 aromatic rings. The Morgan fingerprint density at radius 2 is 1.92 bits per heavy atom. The van der Waals surface area contributed by atoms with Crippen LogP contribution in [-0.2, 0) is 6.54 Å². The number of hydrogen-bond donors (Lipinski definition) is 0. The number of alkyl halides is 3. The Balaban J connectivity index is 1.18. The van der Waals surface area contributed by atoms with Gasteiger partial charge in [-0.2, -0.15) is 0 Å². The number of nitrogens with zero attached hydrogens (tertiary/aromatic N) is 2. The van der Waals surface area contributed by atoms with Gasteiger partial charge in [0.2, 0.25) is 0 Å². The first-order chi connectivity index (χ1) is 11.5. The number of likely N-dealkylation sites (tertiary alicyclic amines) is 1. The van der Waals surface area contributed by atoms with Crippen LogP contribution in [0.4, 0.5) is 13.2 Å². The molecule has 0 aromatic heterocycles. The van der Waals surface area contributed by atoms with E-state index >= 15 is 0 Å². The van der Waals surface area contributed by atoms with E-state index in [1.165, 1.54) is 44.6 Å². The number of piperidine rings is 1. The maximum absolute atomic E-state index is 12.2. The predicted octanol–water partition coefficient (Wildman–Crippen LogP) is 4.05. The molecule has 2 unspecified atom stereocenters. The molecule has 1 aliphatic heterocycles. The summed E-state index contributed by atoms with van der Waals surface area (Å²) in [6.07, 6.45) is -1.84. The quantitative estimate of drug-likeness (QED) is 0.749. The highest BCUT2D eigenvalue weighted by Gasteiger charge is 2.53. The molecule has 3 nitrogen and oxygen atoms in total. The minimum Gasteiger partial charge on any atom is -0.658 e. The summed E-state index contributed by atoms with van der Waals surface area (Å²) in [6.45, 7) is 5.00. The average molecular weight is 339 g/mol. The molecule has 2 aliphatic carbocycles. The van der Waals surface area contributed by atoms with Gasteiger partial charge in [0.25, 0.3) is 0 Å². The van der Waals surface area contributed by atoms with Crippen molar-refractivity contribution in [2.24, 2.45) is 23.7 Å². The maximum Gasteiger partial charge on any atom is 0.573 e. The standard InChI is InChI=1S/C18H22F3N2O/c19-18(20,21)24-14-3-1-2-13(6-14)7-22-8-15-16-10-23(11-17(15)16)9-12-4-5-12/h1-3,6,12,15-17H,4-5,7-11H2/q-1. The molecule has 3 fully saturated rings. The Labute approximate surface area is 140 Å². The molecule has 0 spiro atoms. The molecule has 0 N–H and O–H groups in total. The van der Waals surface area contributed by atoms with Crippen LogP contribution < -0.4 is 4.74 Å². The molecule has 2 saturated carbocycles. The zero-order valence-electron chi connectivity index (χ0n) is 13.5. The van der Waals surface area contributed by atoms with Gasteiger partial charge in [-0.25, -0.2) is 0 Å². The van der Waals surface area contributed by atoms with E-state index in [1.807, 2.05) is 0 Å². The third kappa shape index (κ3) is 4.03. The summed E-state index contributed by atoms with van der Waals surface area (Å²) in [7, 11) is 0. The zero-order chi connectivity index (χ0) is 16.7. The summed E-state index contributed by atoms with van der Waals surface area (Å²) in [5.41, 5.74) is 0.762. The van der Waals surface area contributed by atoms with Crippen molar-refractivity contribution in [2.45, 2.75) is 25.7 Å². The number of rotatable bonds is 7. The van der Waals surface area contributed by atoms with Crippen molar-refractivity contribution < 1.29 is 17.9 Å². The topological polar surface area (TPSA) is 26.6 Å². The Bertz CT molecular complexity index is 576. The summed E-state index contributed by atoms with van der Waals surface area (Å²) >= 11 is 0. The summed E-state index contributed by atoms with van der Waals surface area (Å²) < 4.78 is 40.7. The van der Waals surface area contributed by atoms with Gasteiger partial charge in [-0.05, 0) is 42.7 Å². The first kappa shape index (κ1) is 16.2. The second-order valence-electron chi connectivity index (χ2n) is 7.41. The van der Waals surface area contributed by atoms with Crippen molar-refractivity contribution in [2.75, 3.05) is 26.2 Å². The lowest BCUT2D eigenvalue weighted by Gasteiger charge is -2.24. The van der Waals surface area contributed by atoms with Crippen LogP contribution in [0.1, 0.15) is 18.4 Å². The second kappa shape index (κ2) is 6.23. The SMILES string of the molecule is FC(F)(F)Oc1cccc(C[N-]CC2C3CN(CC4CC4)CC23)c1. The third-order valence-corrected chi connectivity index (χ3v) is 5.43. The summed E-state index contributed by atoms with van der Waals surface area (Å²) in [5.74, 6) is 3.07. The minimum atomic E-state index is -4.65. The maximum atomic E-state index is 12.2. The lowest BCUT2D eigenvalue weighted by Crippen LogP contribution is -2.27. The molecule has 3 aliphatic rings. The van der Waals surface area contributed by atoms with Crippen LogP contribution in [0.25, 0.3) is 5.32 Å². The molecule has 0 bridgehead atoms. The molecule has 24 heavy (non-hydrogen) atoms. The Kier molecular flexibility index (Phi) is 4.21. The van der Waals surface area contributed by atoms with E-state index in [9.17, 15) is 13.2 Å². The number of ether oxygens (including phenoxy) is 1. The van der Waals surface area contributed by atoms with Crippen LogP contribution in [0.3, 0.4) is 0 Å². The van der Waals surface area contributed by atoms with Gasteiger partial charge in [0.15, 0.2) is 0 Å². The molecule has 4 rings (SSSR count). The van der Waals surface area contributed by atoms with Gasteiger partial charge in [-0.3, -0.25) is 0 Å². The number of fused-ring (bicyclic) bond motifs is 1. The van der Waals surface area contributed by atoms with Gasteiger partial charge in [0, 0.05) is 19.6 Å². The highest BCUT2D eigenvalue weighted by Crippen LogP contribution is 2.52. The summed E-state index contributed by atoms with van der Waals surface area (Å²) in [6, 6.07) is 6.10. The van der Waals surface area contributed by atoms with E-state index in [-0.39, 0.29) is 5.75 Å². The number of hydrogen-bond acceptors (Lipinski definition) is 2. The first-order valence-corrected chi connectivity index (χ1v) is 8.68. The Hall–Kier alpha value is -1.27. The second-order valence-corrected chi connectivity index (χ2v) is 7.41. The van der Waals surface area contributed by atoms with Crippen LogP contribution in [0, 0.1) is 23.7 Å². The minimum absolute atomic E-state index is 0.172. The fourth-order valence-corrected chi connectivity index (χ4v) is 4.01. The smallest absolute Gasteiger partial charge is 0.573 e. The summed E-state index contributed by atoms with van der Waals surface area (Å²) in [4.78, 5) is 2.60. The van der Waals surface area contributed by atoms with Crippen molar-refractivity contribution >= 4 is 0 Å². The molecule has 132 valence electrons. The Morgan fingerprint density at radius 3 is 2.58 bits per heavy atom. The van der Waals surface area contributed by atoms with Gasteiger partial charge >= 0.3 is 6.36 Å². The zero-order valence-corrected chi connectivity index (χ0v) is 13.5. The van der Waals surface area contributed by atoms with Crippen molar-refractivity contribution in [1.29, 1.82) is 0 Å². The highest BCUT2D eigenvalue weighted by molar-refractivity contribution is 5.30. The molecule has 1 heterocycles. The van der Waals surface area contributed by atoms with Crippen LogP contribution in [-0.4, -0.2) is 37.4 Å². The fraction of sp³-hybridized carbons (Fsp3) is 0.667. The molecular formula is C18H22F3N2O-. The molecule has 0 radical (unpaired) electrons. The van der Waals surface area contributed by atoms with Crippen molar-refractivity contribution in [3.63, 3.8) is 0 Å². The lowest BCUT2D eigenvalue weighted by atomic mass is 10.2. The van der Waals surface area contributed by atoms with Gasteiger partial charge < -0.3 is 15.0 Å². The van der Waals surface area contributed by atoms with Crippen LogP contribution in [0.2, 0.25) is 0 Å². The Morgan fingerprint density at radius 1 is 1.17 bits per heavy atom. The van der Waals surface area contributed by atoms with E-state index < -0.39 is 6.36 Å². The van der Waals surface area contributed by atoms with E-state index in [0.29, 0.717) is 12.5 Å². The third-order valence-electron chi connectivity index (χ3n) is 5.43. The van der Waals surface area contributed by atoms with Gasteiger partial charge in [-0.15, -0.1) is 26.3 Å². The van der Waals surface area contributed by atoms with E-state index in [0.717, 1.165) is 29.9 Å². The monoisotopic (exact) mass is 339 g/mol. The van der Waals surface area contributed by atoms with Gasteiger partial charge in [0.1, 0.15) is 5.75 Å². The summed E-state index contributed by atoms with van der Waals surface area (Å²) in [5, 5.41) is 4.57. The van der Waals surface area contributed by atoms with E-state index in [1.54, 1.807) is 12.1 Å². The fourth-order valence-electron chi connectivity index (χ4n) is 4.01. The van der Waals surface area contributed by atoms with E-state index in [2.05, 4.69) is 15.0 Å². The van der Waals surface area contributed by atoms with Crippen LogP contribution in [0.5, 0.6) is 5.75 Å². The van der Waals surface area contributed by atoms with Crippen molar-refractivity contribution in [3.05, 3.63) is 35.1 Å². The average Bonchev–Trinajstić information content (AvgIpc) is 3.37. The largest absolute Gasteiger partial charge is 0.658 e. The normalized spacial score (nSPS) is 29.5. The predicted molar refractivity (Wildman–Crippen MR) is 84.7 cm³/mol. The highest BCUT2D eigenvalue weighted by atomic mass is 19.4. The van der Waals surface area contributed by atoms with Gasteiger partial charge in [0.05, 0.1) is 0 Å². The van der Waals surface area contributed by atoms with Gasteiger partial charge in [-0.1, -0.05) is 23.6 Å².